The van der Waals surface area contributed by atoms with E-state index in [-0.39, 0.29) is 12.3 Å². The number of rotatable bonds is 2. The molecule has 2 N–H and O–H groups in total. The lowest BCUT2D eigenvalue weighted by molar-refractivity contribution is 0.100. The van der Waals surface area contributed by atoms with E-state index in [0.29, 0.717) is 11.1 Å². The third kappa shape index (κ3) is 1.71. The van der Waals surface area contributed by atoms with Crippen LogP contribution < -0.4 is 5.73 Å². The van der Waals surface area contributed by atoms with Crippen molar-refractivity contribution in [3.8, 4) is 12.3 Å². The van der Waals surface area contributed by atoms with Gasteiger partial charge in [-0.05, 0) is 12.1 Å². The van der Waals surface area contributed by atoms with E-state index in [4.69, 9.17) is 12.2 Å². The second-order valence-corrected chi connectivity index (χ2v) is 2.35. The van der Waals surface area contributed by atoms with Gasteiger partial charge in [-0.15, -0.1) is 6.42 Å². The van der Waals surface area contributed by atoms with Crippen LogP contribution in [0.3, 0.4) is 0 Å². The molecule has 0 amide bonds. The van der Waals surface area contributed by atoms with Crippen molar-refractivity contribution in [2.75, 3.05) is 6.54 Å². The monoisotopic (exact) mass is 159 g/mol. The Labute approximate surface area is 71.4 Å². The van der Waals surface area contributed by atoms with E-state index in [1.54, 1.807) is 24.3 Å². The number of carbonyl (C=O) groups is 1. The van der Waals surface area contributed by atoms with Crippen molar-refractivity contribution < 1.29 is 4.79 Å². The average molecular weight is 159 g/mol. The van der Waals surface area contributed by atoms with Crippen molar-refractivity contribution >= 4 is 5.78 Å². The molecule has 1 rings (SSSR count). The van der Waals surface area contributed by atoms with Crippen LogP contribution in [0.1, 0.15) is 15.9 Å². The number of nitrogens with two attached hydrogens (primary N) is 1. The van der Waals surface area contributed by atoms with Gasteiger partial charge in [0.1, 0.15) is 0 Å². The highest BCUT2D eigenvalue weighted by Crippen LogP contribution is 2.03. The molecule has 0 aromatic heterocycles. The SMILES string of the molecule is C#Cc1cccc(C(=O)CN)c1. The van der Waals surface area contributed by atoms with Crippen molar-refractivity contribution in [2.24, 2.45) is 5.73 Å². The first-order valence-electron chi connectivity index (χ1n) is 3.58. The molecule has 2 heteroatoms. The van der Waals surface area contributed by atoms with E-state index in [2.05, 4.69) is 5.92 Å². The smallest absolute Gasteiger partial charge is 0.176 e. The Morgan fingerprint density at radius 2 is 2.33 bits per heavy atom. The first-order chi connectivity index (χ1) is 5.77. The second-order valence-electron chi connectivity index (χ2n) is 2.35. The van der Waals surface area contributed by atoms with Gasteiger partial charge in [0.2, 0.25) is 0 Å². The minimum atomic E-state index is -0.0906. The molecule has 0 spiro atoms. The Balaban J connectivity index is 3.04. The number of ketones is 1. The predicted octanol–water partition coefficient (Wildman–Crippen LogP) is 0.809. The Kier molecular flexibility index (Phi) is 2.62. The second kappa shape index (κ2) is 3.70. The highest BCUT2D eigenvalue weighted by atomic mass is 16.1. The van der Waals surface area contributed by atoms with Crippen LogP contribution in [0.5, 0.6) is 0 Å². The van der Waals surface area contributed by atoms with Crippen molar-refractivity contribution in [2.45, 2.75) is 0 Å². The van der Waals surface area contributed by atoms with Crippen LogP contribution in [0.25, 0.3) is 0 Å². The maximum Gasteiger partial charge on any atom is 0.176 e. The van der Waals surface area contributed by atoms with Crippen molar-refractivity contribution in [3.05, 3.63) is 35.4 Å². The van der Waals surface area contributed by atoms with Crippen LogP contribution in [0.2, 0.25) is 0 Å². The average Bonchev–Trinajstić information content (AvgIpc) is 2.17. The lowest BCUT2D eigenvalue weighted by Crippen LogP contribution is -2.13. The zero-order chi connectivity index (χ0) is 8.97. The van der Waals surface area contributed by atoms with Crippen LogP contribution in [-0.2, 0) is 0 Å². The zero-order valence-corrected chi connectivity index (χ0v) is 6.58. The number of hydrogen-bond acceptors (Lipinski definition) is 2. The maximum absolute atomic E-state index is 11.1. The molecule has 12 heavy (non-hydrogen) atoms. The molecule has 0 aliphatic heterocycles. The molecular formula is C10H9NO. The lowest BCUT2D eigenvalue weighted by Gasteiger charge is -1.97. The highest BCUT2D eigenvalue weighted by molar-refractivity contribution is 5.97. The van der Waals surface area contributed by atoms with Gasteiger partial charge in [0, 0.05) is 11.1 Å². The minimum absolute atomic E-state index is 0.0218. The summed E-state index contributed by atoms with van der Waals surface area (Å²) in [5.74, 6) is 2.36. The van der Waals surface area contributed by atoms with E-state index >= 15 is 0 Å². The summed E-state index contributed by atoms with van der Waals surface area (Å²) in [4.78, 5) is 11.1. The van der Waals surface area contributed by atoms with E-state index in [9.17, 15) is 4.79 Å². The molecule has 0 bridgehead atoms. The van der Waals surface area contributed by atoms with E-state index in [1.165, 1.54) is 0 Å². The molecule has 0 aliphatic rings. The number of terminal acetylenes is 1. The Hall–Kier alpha value is -1.59. The topological polar surface area (TPSA) is 43.1 Å². The number of hydrogen-bond donors (Lipinski definition) is 1. The van der Waals surface area contributed by atoms with Crippen molar-refractivity contribution in [1.29, 1.82) is 0 Å². The summed E-state index contributed by atoms with van der Waals surface area (Å²) in [5.41, 5.74) is 6.47. The molecule has 0 saturated heterocycles. The Morgan fingerprint density at radius 1 is 1.58 bits per heavy atom. The molecule has 0 atom stereocenters. The molecule has 0 unspecified atom stereocenters. The molecule has 2 nitrogen and oxygen atoms in total. The fourth-order valence-electron chi connectivity index (χ4n) is 0.900. The van der Waals surface area contributed by atoms with Crippen LogP contribution >= 0.6 is 0 Å². The Morgan fingerprint density at radius 3 is 2.92 bits per heavy atom. The molecule has 60 valence electrons. The fourth-order valence-corrected chi connectivity index (χ4v) is 0.900. The van der Waals surface area contributed by atoms with E-state index < -0.39 is 0 Å². The molecular weight excluding hydrogens is 150 g/mol. The number of carbonyl (C=O) groups excluding carboxylic acids is 1. The Bertz CT molecular complexity index is 336. The molecule has 0 heterocycles. The van der Waals surface area contributed by atoms with Gasteiger partial charge < -0.3 is 5.73 Å². The van der Waals surface area contributed by atoms with E-state index in [1.807, 2.05) is 0 Å². The van der Waals surface area contributed by atoms with Gasteiger partial charge in [-0.3, -0.25) is 4.79 Å². The summed E-state index contributed by atoms with van der Waals surface area (Å²) >= 11 is 0. The molecule has 0 saturated carbocycles. The highest BCUT2D eigenvalue weighted by Gasteiger charge is 2.01. The van der Waals surface area contributed by atoms with Gasteiger partial charge in [0.15, 0.2) is 5.78 Å². The van der Waals surface area contributed by atoms with Gasteiger partial charge in [0.25, 0.3) is 0 Å². The van der Waals surface area contributed by atoms with Crippen LogP contribution in [0.15, 0.2) is 24.3 Å². The summed E-state index contributed by atoms with van der Waals surface area (Å²) < 4.78 is 0. The standard InChI is InChI=1S/C10H9NO/c1-2-8-4-3-5-9(6-8)10(12)7-11/h1,3-6H,7,11H2. The van der Waals surface area contributed by atoms with Crippen LogP contribution in [0, 0.1) is 12.3 Å². The first-order valence-corrected chi connectivity index (χ1v) is 3.58. The molecule has 0 fully saturated rings. The van der Waals surface area contributed by atoms with Crippen molar-refractivity contribution in [1.82, 2.24) is 0 Å². The summed E-state index contributed by atoms with van der Waals surface area (Å²) in [5, 5.41) is 0. The summed E-state index contributed by atoms with van der Waals surface area (Å²) in [6.45, 7) is 0.0218. The third-order valence-electron chi connectivity index (χ3n) is 1.54. The van der Waals surface area contributed by atoms with Crippen LogP contribution in [-0.4, -0.2) is 12.3 Å². The summed E-state index contributed by atoms with van der Waals surface area (Å²) in [7, 11) is 0. The molecule has 1 aromatic rings. The summed E-state index contributed by atoms with van der Waals surface area (Å²) in [6.07, 6.45) is 5.17. The van der Waals surface area contributed by atoms with Gasteiger partial charge >= 0.3 is 0 Å². The minimum Gasteiger partial charge on any atom is -0.324 e. The molecule has 0 aliphatic carbocycles. The molecule has 0 radical (unpaired) electrons. The maximum atomic E-state index is 11.1. The first kappa shape index (κ1) is 8.51. The predicted molar refractivity (Wildman–Crippen MR) is 47.8 cm³/mol. The third-order valence-corrected chi connectivity index (χ3v) is 1.54. The summed E-state index contributed by atoms with van der Waals surface area (Å²) in [6, 6.07) is 6.89. The fraction of sp³-hybridized carbons (Fsp3) is 0.100. The van der Waals surface area contributed by atoms with Gasteiger partial charge in [-0.25, -0.2) is 0 Å². The number of benzene rings is 1. The quantitative estimate of drug-likeness (QED) is 0.512. The molecule has 1 aromatic carbocycles. The number of Topliss-reactive ketones (excluding diaryl/α,β-unsaturated/α-hetero) is 1. The van der Waals surface area contributed by atoms with Crippen LogP contribution in [0.4, 0.5) is 0 Å². The normalized spacial score (nSPS) is 9.00. The zero-order valence-electron chi connectivity index (χ0n) is 6.58. The van der Waals surface area contributed by atoms with Gasteiger partial charge in [0.05, 0.1) is 6.54 Å². The van der Waals surface area contributed by atoms with Crippen molar-refractivity contribution in [3.63, 3.8) is 0 Å². The largest absolute Gasteiger partial charge is 0.324 e. The van der Waals surface area contributed by atoms with Gasteiger partial charge in [-0.1, -0.05) is 18.1 Å². The van der Waals surface area contributed by atoms with E-state index in [0.717, 1.165) is 0 Å². The van der Waals surface area contributed by atoms with Gasteiger partial charge in [-0.2, -0.15) is 0 Å². The lowest BCUT2D eigenvalue weighted by atomic mass is 10.1.